The molecule has 1 fully saturated rings. The first kappa shape index (κ1) is 14.0. The van der Waals surface area contributed by atoms with Crippen molar-refractivity contribution in [3.63, 3.8) is 0 Å². The first-order valence-electron chi connectivity index (χ1n) is 6.64. The molecule has 18 heavy (non-hydrogen) atoms. The van der Waals surface area contributed by atoms with Gasteiger partial charge >= 0.3 is 0 Å². The molecule has 0 bridgehead atoms. The van der Waals surface area contributed by atoms with E-state index in [9.17, 15) is 9.90 Å². The summed E-state index contributed by atoms with van der Waals surface area (Å²) in [4.78, 5) is 12.2. The number of ketones is 1. The molecule has 0 aromatic heterocycles. The Labute approximate surface area is 122 Å². The van der Waals surface area contributed by atoms with E-state index >= 15 is 0 Å². The summed E-state index contributed by atoms with van der Waals surface area (Å²) in [6.07, 6.45) is 5.60. The Kier molecular flexibility index (Phi) is 5.18. The van der Waals surface area contributed by atoms with Crippen LogP contribution in [0.1, 0.15) is 48.9 Å². The molecule has 1 saturated carbocycles. The molecular weight excluding hydrogens is 339 g/mol. The van der Waals surface area contributed by atoms with Crippen molar-refractivity contribution in [2.45, 2.75) is 44.6 Å². The van der Waals surface area contributed by atoms with Gasteiger partial charge in [0.2, 0.25) is 0 Å². The Balaban J connectivity index is 1.96. The standard InChI is InChI=1S/C15H19IO2/c16-13-9-5-4-8-12(13)15(18)10-14(17)11-6-2-1-3-7-11/h4-5,8-9,11,14,17H,1-3,6-7,10H2. The van der Waals surface area contributed by atoms with Gasteiger partial charge < -0.3 is 5.11 Å². The second-order valence-corrected chi connectivity index (χ2v) is 6.23. The zero-order valence-electron chi connectivity index (χ0n) is 10.4. The van der Waals surface area contributed by atoms with Crippen LogP contribution in [0.5, 0.6) is 0 Å². The Hall–Kier alpha value is -0.420. The number of carbonyl (C=O) groups is 1. The van der Waals surface area contributed by atoms with Gasteiger partial charge in [-0.1, -0.05) is 37.5 Å². The van der Waals surface area contributed by atoms with Gasteiger partial charge in [-0.15, -0.1) is 0 Å². The van der Waals surface area contributed by atoms with Crippen LogP contribution < -0.4 is 0 Å². The second kappa shape index (κ2) is 6.66. The zero-order valence-corrected chi connectivity index (χ0v) is 12.6. The number of benzene rings is 1. The van der Waals surface area contributed by atoms with Crippen LogP contribution in [0.4, 0.5) is 0 Å². The van der Waals surface area contributed by atoms with Crippen molar-refractivity contribution >= 4 is 28.4 Å². The summed E-state index contributed by atoms with van der Waals surface area (Å²) in [5.74, 6) is 0.391. The van der Waals surface area contributed by atoms with E-state index in [-0.39, 0.29) is 12.2 Å². The van der Waals surface area contributed by atoms with Crippen molar-refractivity contribution in [3.05, 3.63) is 33.4 Å². The highest BCUT2D eigenvalue weighted by molar-refractivity contribution is 14.1. The molecule has 3 heteroatoms. The third kappa shape index (κ3) is 3.54. The van der Waals surface area contributed by atoms with Crippen LogP contribution in [0.15, 0.2) is 24.3 Å². The van der Waals surface area contributed by atoms with Gasteiger partial charge in [0.15, 0.2) is 5.78 Å². The summed E-state index contributed by atoms with van der Waals surface area (Å²) < 4.78 is 0.968. The average molecular weight is 358 g/mol. The lowest BCUT2D eigenvalue weighted by Crippen LogP contribution is -2.25. The van der Waals surface area contributed by atoms with Gasteiger partial charge in [-0.05, 0) is 47.4 Å². The lowest BCUT2D eigenvalue weighted by Gasteiger charge is -2.26. The van der Waals surface area contributed by atoms with Gasteiger partial charge in [0.25, 0.3) is 0 Å². The third-order valence-corrected chi connectivity index (χ3v) is 4.70. The van der Waals surface area contributed by atoms with Crippen LogP contribution in [0.3, 0.4) is 0 Å². The maximum Gasteiger partial charge on any atom is 0.166 e. The van der Waals surface area contributed by atoms with Gasteiger partial charge in [0.05, 0.1) is 6.10 Å². The van der Waals surface area contributed by atoms with Crippen LogP contribution in [-0.4, -0.2) is 17.0 Å². The van der Waals surface area contributed by atoms with Crippen molar-refractivity contribution in [1.82, 2.24) is 0 Å². The molecule has 2 rings (SSSR count). The first-order valence-corrected chi connectivity index (χ1v) is 7.72. The normalized spacial score (nSPS) is 18.6. The maximum absolute atomic E-state index is 12.2. The number of hydrogen-bond donors (Lipinski definition) is 1. The molecule has 2 nitrogen and oxygen atoms in total. The molecule has 0 saturated heterocycles. The molecule has 0 radical (unpaired) electrons. The van der Waals surface area contributed by atoms with Gasteiger partial charge in [0.1, 0.15) is 0 Å². The summed E-state index contributed by atoms with van der Waals surface area (Å²) in [6, 6.07) is 7.58. The molecule has 1 atom stereocenters. The van der Waals surface area contributed by atoms with Crippen LogP contribution in [0.2, 0.25) is 0 Å². The van der Waals surface area contributed by atoms with E-state index in [2.05, 4.69) is 22.6 Å². The molecule has 1 unspecified atom stereocenters. The summed E-state index contributed by atoms with van der Waals surface area (Å²) in [7, 11) is 0. The number of rotatable bonds is 4. The maximum atomic E-state index is 12.2. The minimum absolute atomic E-state index is 0.0677. The number of aliphatic hydroxyl groups excluding tert-OH is 1. The Morgan fingerprint density at radius 1 is 1.28 bits per heavy atom. The molecule has 1 aromatic rings. The zero-order chi connectivity index (χ0) is 13.0. The van der Waals surface area contributed by atoms with Gasteiger partial charge in [-0.3, -0.25) is 4.79 Å². The Bertz CT molecular complexity index is 411. The van der Waals surface area contributed by atoms with Gasteiger partial charge in [-0.25, -0.2) is 0 Å². The number of carbonyl (C=O) groups excluding carboxylic acids is 1. The van der Waals surface area contributed by atoms with Crippen LogP contribution in [-0.2, 0) is 0 Å². The van der Waals surface area contributed by atoms with Crippen LogP contribution in [0.25, 0.3) is 0 Å². The topological polar surface area (TPSA) is 37.3 Å². The third-order valence-electron chi connectivity index (χ3n) is 3.76. The number of aliphatic hydroxyl groups is 1. The highest BCUT2D eigenvalue weighted by Gasteiger charge is 2.24. The monoisotopic (exact) mass is 358 g/mol. The highest BCUT2D eigenvalue weighted by atomic mass is 127. The fourth-order valence-corrected chi connectivity index (χ4v) is 3.36. The van der Waals surface area contributed by atoms with Crippen LogP contribution >= 0.6 is 22.6 Å². The Morgan fingerprint density at radius 3 is 2.61 bits per heavy atom. The minimum atomic E-state index is -0.464. The predicted octanol–water partition coefficient (Wildman–Crippen LogP) is 3.81. The molecule has 1 N–H and O–H groups in total. The van der Waals surface area contributed by atoms with Crippen molar-refractivity contribution in [1.29, 1.82) is 0 Å². The largest absolute Gasteiger partial charge is 0.392 e. The van der Waals surface area contributed by atoms with E-state index in [0.717, 1.165) is 22.0 Å². The molecule has 0 spiro atoms. The van der Waals surface area contributed by atoms with E-state index in [4.69, 9.17) is 0 Å². The van der Waals surface area contributed by atoms with E-state index in [1.54, 1.807) is 0 Å². The second-order valence-electron chi connectivity index (χ2n) is 5.07. The first-order chi connectivity index (χ1) is 8.68. The van der Waals surface area contributed by atoms with E-state index in [0.29, 0.717) is 5.92 Å². The molecule has 0 heterocycles. The summed E-state index contributed by atoms with van der Waals surface area (Å²) in [5.41, 5.74) is 0.743. The molecule has 0 aliphatic heterocycles. The molecule has 0 amide bonds. The van der Waals surface area contributed by atoms with Gasteiger partial charge in [0, 0.05) is 15.6 Å². The smallest absolute Gasteiger partial charge is 0.166 e. The average Bonchev–Trinajstić information content (AvgIpc) is 2.40. The fourth-order valence-electron chi connectivity index (χ4n) is 2.67. The molecule has 1 aliphatic carbocycles. The quantitative estimate of drug-likeness (QED) is 0.657. The van der Waals surface area contributed by atoms with Gasteiger partial charge in [-0.2, -0.15) is 0 Å². The van der Waals surface area contributed by atoms with Crippen molar-refractivity contribution in [3.8, 4) is 0 Å². The van der Waals surface area contributed by atoms with E-state index < -0.39 is 6.10 Å². The number of halogens is 1. The lowest BCUT2D eigenvalue weighted by molar-refractivity contribution is 0.0638. The van der Waals surface area contributed by atoms with E-state index in [1.165, 1.54) is 19.3 Å². The SMILES string of the molecule is O=C(CC(O)C1CCCCC1)c1ccccc1I. The summed E-state index contributed by atoms with van der Waals surface area (Å²) >= 11 is 2.17. The van der Waals surface area contributed by atoms with E-state index in [1.807, 2.05) is 24.3 Å². The number of Topliss-reactive ketones (excluding diaryl/α,β-unsaturated/α-hetero) is 1. The summed E-state index contributed by atoms with van der Waals surface area (Å²) in [5, 5.41) is 10.2. The molecular formula is C15H19IO2. The van der Waals surface area contributed by atoms with Crippen molar-refractivity contribution < 1.29 is 9.90 Å². The van der Waals surface area contributed by atoms with Crippen LogP contribution in [0, 0.1) is 9.49 Å². The summed E-state index contributed by atoms with van der Waals surface area (Å²) in [6.45, 7) is 0. The highest BCUT2D eigenvalue weighted by Crippen LogP contribution is 2.28. The molecule has 1 aliphatic rings. The minimum Gasteiger partial charge on any atom is -0.392 e. The lowest BCUT2D eigenvalue weighted by atomic mass is 9.83. The fraction of sp³-hybridized carbons (Fsp3) is 0.533. The van der Waals surface area contributed by atoms with Crippen molar-refractivity contribution in [2.75, 3.05) is 0 Å². The molecule has 1 aromatic carbocycles. The molecule has 98 valence electrons. The predicted molar refractivity (Wildman–Crippen MR) is 80.7 cm³/mol. The van der Waals surface area contributed by atoms with Crippen molar-refractivity contribution in [2.24, 2.45) is 5.92 Å². The Morgan fingerprint density at radius 2 is 1.94 bits per heavy atom. The number of hydrogen-bond acceptors (Lipinski definition) is 2.